The second kappa shape index (κ2) is 9.07. The fourth-order valence-electron chi connectivity index (χ4n) is 1.90. The quantitative estimate of drug-likeness (QED) is 0.479. The highest BCUT2D eigenvalue weighted by Gasteiger charge is 2.12. The highest BCUT2D eigenvalue weighted by atomic mass is 16.5. The summed E-state index contributed by atoms with van der Waals surface area (Å²) in [7, 11) is 1.55. The Morgan fingerprint density at radius 1 is 1.00 bits per heavy atom. The van der Waals surface area contributed by atoms with Gasteiger partial charge >= 0.3 is 11.8 Å². The largest absolute Gasteiger partial charge is 0.497 e. The van der Waals surface area contributed by atoms with Crippen molar-refractivity contribution in [1.29, 1.82) is 0 Å². The average molecular weight is 341 g/mol. The fraction of sp³-hybridized carbons (Fsp3) is 0.167. The molecule has 0 saturated heterocycles. The summed E-state index contributed by atoms with van der Waals surface area (Å²) in [6, 6.07) is 13.8. The Bertz CT molecular complexity index is 740. The van der Waals surface area contributed by atoms with Crippen molar-refractivity contribution in [3.8, 4) is 11.5 Å². The minimum absolute atomic E-state index is 0.483. The topological polar surface area (TPSA) is 89.0 Å². The number of methoxy groups -OCH3 is 1. The zero-order valence-electron chi connectivity index (χ0n) is 14.0. The highest BCUT2D eigenvalue weighted by molar-refractivity contribution is 6.39. The van der Waals surface area contributed by atoms with Crippen LogP contribution in [0.25, 0.3) is 0 Å². The van der Waals surface area contributed by atoms with Gasteiger partial charge in [0.2, 0.25) is 0 Å². The maximum Gasteiger partial charge on any atom is 0.329 e. The second-order valence-corrected chi connectivity index (χ2v) is 4.88. The van der Waals surface area contributed by atoms with Gasteiger partial charge < -0.3 is 14.8 Å². The number of amides is 2. The van der Waals surface area contributed by atoms with Crippen molar-refractivity contribution in [2.75, 3.05) is 19.0 Å². The molecule has 0 atom stereocenters. The Labute approximate surface area is 145 Å². The molecule has 0 heterocycles. The van der Waals surface area contributed by atoms with Crippen LogP contribution in [0.3, 0.4) is 0 Å². The summed E-state index contributed by atoms with van der Waals surface area (Å²) >= 11 is 0. The fourth-order valence-corrected chi connectivity index (χ4v) is 1.90. The van der Waals surface area contributed by atoms with Gasteiger partial charge in [-0.05, 0) is 61.0 Å². The van der Waals surface area contributed by atoms with Crippen molar-refractivity contribution < 1.29 is 19.1 Å². The summed E-state index contributed by atoms with van der Waals surface area (Å²) in [5, 5.41) is 6.23. The predicted molar refractivity (Wildman–Crippen MR) is 95.0 cm³/mol. The molecule has 0 aliphatic carbocycles. The van der Waals surface area contributed by atoms with Gasteiger partial charge in [0.05, 0.1) is 19.9 Å². The molecule has 25 heavy (non-hydrogen) atoms. The number of hydrogen-bond donors (Lipinski definition) is 2. The molecule has 0 radical (unpaired) electrons. The summed E-state index contributed by atoms with van der Waals surface area (Å²) in [4.78, 5) is 23.5. The lowest BCUT2D eigenvalue weighted by Crippen LogP contribution is -2.32. The summed E-state index contributed by atoms with van der Waals surface area (Å²) < 4.78 is 10.3. The Balaban J connectivity index is 1.84. The molecule has 2 amide bonds. The first kappa shape index (κ1) is 18.0. The smallest absolute Gasteiger partial charge is 0.329 e. The van der Waals surface area contributed by atoms with Gasteiger partial charge in [-0.2, -0.15) is 5.10 Å². The number of hydrogen-bond acceptors (Lipinski definition) is 5. The van der Waals surface area contributed by atoms with E-state index in [1.54, 1.807) is 55.6 Å². The lowest BCUT2D eigenvalue weighted by atomic mass is 10.2. The van der Waals surface area contributed by atoms with Gasteiger partial charge in [-0.25, -0.2) is 5.43 Å². The van der Waals surface area contributed by atoms with Gasteiger partial charge in [-0.3, -0.25) is 9.59 Å². The number of anilines is 1. The van der Waals surface area contributed by atoms with Crippen LogP contribution < -0.4 is 20.2 Å². The standard InChI is InChI=1S/C18H19N3O4/c1-3-25-16-8-4-13(5-9-16)12-19-21-18(23)17(22)20-14-6-10-15(24-2)11-7-14/h4-12H,3H2,1-2H3,(H,20,22)(H,21,23)/b19-12-. The SMILES string of the molecule is CCOc1ccc(/C=N\NC(=O)C(=O)Nc2ccc(OC)cc2)cc1. The van der Waals surface area contributed by atoms with Gasteiger partial charge in [-0.15, -0.1) is 0 Å². The number of nitrogens with zero attached hydrogens (tertiary/aromatic N) is 1. The van der Waals surface area contributed by atoms with Crippen LogP contribution in [0, 0.1) is 0 Å². The van der Waals surface area contributed by atoms with Gasteiger partial charge in [0.1, 0.15) is 11.5 Å². The minimum atomic E-state index is -0.863. The van der Waals surface area contributed by atoms with E-state index in [0.29, 0.717) is 18.0 Å². The van der Waals surface area contributed by atoms with Crippen molar-refractivity contribution in [3.63, 3.8) is 0 Å². The summed E-state index contributed by atoms with van der Waals surface area (Å²) in [5.41, 5.74) is 3.42. The lowest BCUT2D eigenvalue weighted by molar-refractivity contribution is -0.136. The molecular formula is C18H19N3O4. The number of rotatable bonds is 6. The van der Waals surface area contributed by atoms with E-state index in [0.717, 1.165) is 11.3 Å². The number of hydrazone groups is 1. The first-order chi connectivity index (χ1) is 12.1. The third kappa shape index (κ3) is 5.65. The van der Waals surface area contributed by atoms with E-state index in [2.05, 4.69) is 15.8 Å². The maximum atomic E-state index is 11.8. The zero-order valence-corrected chi connectivity index (χ0v) is 14.0. The van der Waals surface area contributed by atoms with Crippen LogP contribution in [0.5, 0.6) is 11.5 Å². The Morgan fingerprint density at radius 3 is 2.24 bits per heavy atom. The normalized spacial score (nSPS) is 10.3. The number of carbonyl (C=O) groups is 2. The highest BCUT2D eigenvalue weighted by Crippen LogP contribution is 2.14. The molecular weight excluding hydrogens is 322 g/mol. The molecule has 0 spiro atoms. The third-order valence-electron chi connectivity index (χ3n) is 3.12. The summed E-state index contributed by atoms with van der Waals surface area (Å²) in [6.45, 7) is 2.49. The van der Waals surface area contributed by atoms with Crippen LogP contribution in [0.1, 0.15) is 12.5 Å². The third-order valence-corrected chi connectivity index (χ3v) is 3.12. The molecule has 0 bridgehead atoms. The molecule has 0 unspecified atom stereocenters. The van der Waals surface area contributed by atoms with E-state index >= 15 is 0 Å². The molecule has 0 aromatic heterocycles. The van der Waals surface area contributed by atoms with Gasteiger partial charge in [0.25, 0.3) is 0 Å². The van der Waals surface area contributed by atoms with Crippen LogP contribution in [-0.4, -0.2) is 31.7 Å². The van der Waals surface area contributed by atoms with E-state index in [4.69, 9.17) is 9.47 Å². The monoisotopic (exact) mass is 341 g/mol. The molecule has 0 aliphatic rings. The summed E-state index contributed by atoms with van der Waals surface area (Å²) in [5.74, 6) is -0.267. The van der Waals surface area contributed by atoms with Crippen molar-refractivity contribution in [2.45, 2.75) is 6.92 Å². The number of nitrogens with one attached hydrogen (secondary N) is 2. The predicted octanol–water partition coefficient (Wildman–Crippen LogP) is 2.18. The summed E-state index contributed by atoms with van der Waals surface area (Å²) in [6.07, 6.45) is 1.44. The number of ether oxygens (including phenoxy) is 2. The van der Waals surface area contributed by atoms with Crippen LogP contribution in [0.15, 0.2) is 53.6 Å². The maximum absolute atomic E-state index is 11.8. The first-order valence-electron chi connectivity index (χ1n) is 7.63. The molecule has 7 nitrogen and oxygen atoms in total. The Morgan fingerprint density at radius 2 is 1.64 bits per heavy atom. The number of benzene rings is 2. The molecule has 7 heteroatoms. The second-order valence-electron chi connectivity index (χ2n) is 4.88. The van der Waals surface area contributed by atoms with Crippen molar-refractivity contribution in [2.24, 2.45) is 5.10 Å². The van der Waals surface area contributed by atoms with Crippen molar-refractivity contribution in [3.05, 3.63) is 54.1 Å². The van der Waals surface area contributed by atoms with Crippen LogP contribution >= 0.6 is 0 Å². The van der Waals surface area contributed by atoms with Gasteiger partial charge in [0, 0.05) is 5.69 Å². The molecule has 2 N–H and O–H groups in total. The van der Waals surface area contributed by atoms with E-state index in [-0.39, 0.29) is 0 Å². The van der Waals surface area contributed by atoms with E-state index in [1.807, 2.05) is 6.92 Å². The van der Waals surface area contributed by atoms with Crippen LogP contribution in [-0.2, 0) is 9.59 Å². The van der Waals surface area contributed by atoms with Crippen molar-refractivity contribution in [1.82, 2.24) is 5.43 Å². The Kier molecular flexibility index (Phi) is 6.53. The van der Waals surface area contributed by atoms with E-state index in [9.17, 15) is 9.59 Å². The lowest BCUT2D eigenvalue weighted by Gasteiger charge is -2.05. The zero-order chi connectivity index (χ0) is 18.1. The Hall–Kier alpha value is -3.35. The van der Waals surface area contributed by atoms with Gasteiger partial charge in [-0.1, -0.05) is 0 Å². The minimum Gasteiger partial charge on any atom is -0.497 e. The molecule has 2 rings (SSSR count). The average Bonchev–Trinajstić information content (AvgIpc) is 2.64. The molecule has 130 valence electrons. The molecule has 0 saturated carbocycles. The molecule has 2 aromatic rings. The van der Waals surface area contributed by atoms with Gasteiger partial charge in [0.15, 0.2) is 0 Å². The van der Waals surface area contributed by atoms with E-state index < -0.39 is 11.8 Å². The van der Waals surface area contributed by atoms with Crippen LogP contribution in [0.4, 0.5) is 5.69 Å². The number of carbonyl (C=O) groups excluding carboxylic acids is 2. The van der Waals surface area contributed by atoms with Crippen molar-refractivity contribution >= 4 is 23.7 Å². The van der Waals surface area contributed by atoms with E-state index in [1.165, 1.54) is 6.21 Å². The first-order valence-corrected chi connectivity index (χ1v) is 7.63. The molecule has 0 fully saturated rings. The van der Waals surface area contributed by atoms with Crippen LogP contribution in [0.2, 0.25) is 0 Å². The molecule has 0 aliphatic heterocycles. The molecule has 2 aromatic carbocycles.